The van der Waals surface area contributed by atoms with Gasteiger partial charge in [0.05, 0.1) is 11.6 Å². The zero-order valence-corrected chi connectivity index (χ0v) is 12.3. The van der Waals surface area contributed by atoms with Gasteiger partial charge >= 0.3 is 12.0 Å². The van der Waals surface area contributed by atoms with E-state index in [1.807, 2.05) is 6.92 Å². The summed E-state index contributed by atoms with van der Waals surface area (Å²) in [4.78, 5) is 33.8. The third-order valence-corrected chi connectivity index (χ3v) is 3.65. The fraction of sp³-hybridized carbons (Fsp3) is 0.400. The van der Waals surface area contributed by atoms with Crippen LogP contribution >= 0.6 is 0 Å². The highest BCUT2D eigenvalue weighted by Gasteiger charge is 2.26. The first-order valence-corrected chi connectivity index (χ1v) is 7.11. The van der Waals surface area contributed by atoms with Gasteiger partial charge in [-0.2, -0.15) is 0 Å². The van der Waals surface area contributed by atoms with Gasteiger partial charge < -0.3 is 21.1 Å². The first-order valence-electron chi connectivity index (χ1n) is 7.11. The molecule has 0 aromatic heterocycles. The molecule has 118 valence electrons. The number of hydrogen-bond acceptors (Lipinski definition) is 3. The Bertz CT molecular complexity index is 571. The van der Waals surface area contributed by atoms with Gasteiger partial charge in [-0.1, -0.05) is 12.1 Å². The van der Waals surface area contributed by atoms with Crippen LogP contribution in [-0.4, -0.2) is 35.1 Å². The average molecular weight is 305 g/mol. The molecule has 22 heavy (non-hydrogen) atoms. The molecule has 2 atom stereocenters. The Kier molecular flexibility index (Phi) is 4.98. The van der Waals surface area contributed by atoms with Crippen molar-refractivity contribution in [2.75, 3.05) is 0 Å². The van der Waals surface area contributed by atoms with Gasteiger partial charge in [-0.25, -0.2) is 9.59 Å². The maximum absolute atomic E-state index is 11.9. The number of nitrogens with one attached hydrogen (secondary N) is 3. The standard InChI is InChI=1S/C15H19N3O4/c1-9-12(6-7-13(19)17-9)18-15(22)16-8-10-2-4-11(5-3-10)14(20)21/h2-5,9,12H,6-8H2,1H3,(H,17,19)(H,20,21)(H2,16,18,22). The summed E-state index contributed by atoms with van der Waals surface area (Å²) < 4.78 is 0. The maximum atomic E-state index is 11.9. The molecule has 1 aliphatic heterocycles. The van der Waals surface area contributed by atoms with E-state index in [2.05, 4.69) is 16.0 Å². The first kappa shape index (κ1) is 15.8. The highest BCUT2D eigenvalue weighted by Crippen LogP contribution is 2.09. The number of carboxylic acids is 1. The van der Waals surface area contributed by atoms with Crippen LogP contribution in [0.2, 0.25) is 0 Å². The van der Waals surface area contributed by atoms with Gasteiger partial charge in [-0.3, -0.25) is 4.79 Å². The predicted molar refractivity (Wildman–Crippen MR) is 79.4 cm³/mol. The summed E-state index contributed by atoms with van der Waals surface area (Å²) in [6.45, 7) is 2.16. The van der Waals surface area contributed by atoms with E-state index in [0.29, 0.717) is 19.4 Å². The Morgan fingerprint density at radius 2 is 2.00 bits per heavy atom. The summed E-state index contributed by atoms with van der Waals surface area (Å²) in [5, 5.41) is 17.1. The van der Waals surface area contributed by atoms with Crippen molar-refractivity contribution >= 4 is 17.9 Å². The zero-order chi connectivity index (χ0) is 16.1. The molecule has 7 nitrogen and oxygen atoms in total. The SMILES string of the molecule is CC1NC(=O)CCC1NC(=O)NCc1ccc(C(=O)O)cc1. The topological polar surface area (TPSA) is 108 Å². The fourth-order valence-electron chi connectivity index (χ4n) is 2.33. The normalized spacial score (nSPS) is 20.9. The van der Waals surface area contributed by atoms with E-state index in [1.54, 1.807) is 12.1 Å². The number of aromatic carboxylic acids is 1. The van der Waals surface area contributed by atoms with Crippen molar-refractivity contribution in [2.24, 2.45) is 0 Å². The quantitative estimate of drug-likeness (QED) is 0.661. The molecule has 1 fully saturated rings. The fourth-order valence-corrected chi connectivity index (χ4v) is 2.33. The molecule has 3 amide bonds. The van der Waals surface area contributed by atoms with E-state index in [-0.39, 0.29) is 29.6 Å². The second-order valence-electron chi connectivity index (χ2n) is 5.33. The molecule has 0 aliphatic carbocycles. The molecule has 1 aromatic rings. The number of carboxylic acid groups (broad SMARTS) is 1. The maximum Gasteiger partial charge on any atom is 0.335 e. The van der Waals surface area contributed by atoms with Crippen molar-refractivity contribution in [2.45, 2.75) is 38.4 Å². The minimum atomic E-state index is -0.981. The average Bonchev–Trinajstić information content (AvgIpc) is 2.48. The number of amides is 3. The summed E-state index contributed by atoms with van der Waals surface area (Å²) in [7, 11) is 0. The molecule has 2 unspecified atom stereocenters. The molecule has 1 saturated heterocycles. The molecule has 0 saturated carbocycles. The lowest BCUT2D eigenvalue weighted by atomic mass is 10.00. The van der Waals surface area contributed by atoms with Crippen molar-refractivity contribution in [3.63, 3.8) is 0 Å². The molecule has 1 aliphatic rings. The van der Waals surface area contributed by atoms with Crippen LogP contribution in [0, 0.1) is 0 Å². The van der Waals surface area contributed by atoms with Crippen molar-refractivity contribution in [3.8, 4) is 0 Å². The molecule has 7 heteroatoms. The Hall–Kier alpha value is -2.57. The molecule has 1 aromatic carbocycles. The van der Waals surface area contributed by atoms with E-state index in [1.165, 1.54) is 12.1 Å². The smallest absolute Gasteiger partial charge is 0.335 e. The number of benzene rings is 1. The zero-order valence-electron chi connectivity index (χ0n) is 12.3. The van der Waals surface area contributed by atoms with Crippen LogP contribution in [0.15, 0.2) is 24.3 Å². The number of hydrogen-bond donors (Lipinski definition) is 4. The van der Waals surface area contributed by atoms with Crippen LogP contribution in [0.1, 0.15) is 35.7 Å². The Balaban J connectivity index is 1.80. The number of carbonyl (C=O) groups is 3. The third kappa shape index (κ3) is 4.21. The van der Waals surface area contributed by atoms with Crippen molar-refractivity contribution in [3.05, 3.63) is 35.4 Å². The van der Waals surface area contributed by atoms with Gasteiger partial charge in [0.2, 0.25) is 5.91 Å². The van der Waals surface area contributed by atoms with E-state index in [0.717, 1.165) is 5.56 Å². The molecule has 1 heterocycles. The number of rotatable bonds is 4. The first-order chi connectivity index (χ1) is 10.5. The van der Waals surface area contributed by atoms with E-state index < -0.39 is 5.97 Å². The highest BCUT2D eigenvalue weighted by molar-refractivity contribution is 5.87. The van der Waals surface area contributed by atoms with Crippen molar-refractivity contribution < 1.29 is 19.5 Å². The van der Waals surface area contributed by atoms with Gasteiger partial charge in [0.1, 0.15) is 0 Å². The van der Waals surface area contributed by atoms with Gasteiger partial charge in [0, 0.05) is 19.0 Å². The second kappa shape index (κ2) is 6.93. The lowest BCUT2D eigenvalue weighted by Crippen LogP contribution is -2.55. The molecule has 4 N–H and O–H groups in total. The van der Waals surface area contributed by atoms with Gasteiger partial charge in [-0.15, -0.1) is 0 Å². The predicted octanol–water partition coefficient (Wildman–Crippen LogP) is 0.851. The highest BCUT2D eigenvalue weighted by atomic mass is 16.4. The van der Waals surface area contributed by atoms with Crippen molar-refractivity contribution in [1.82, 2.24) is 16.0 Å². The van der Waals surface area contributed by atoms with Crippen LogP contribution in [0.4, 0.5) is 4.79 Å². The van der Waals surface area contributed by atoms with Gasteiger partial charge in [-0.05, 0) is 31.0 Å². The van der Waals surface area contributed by atoms with Crippen LogP contribution in [0.25, 0.3) is 0 Å². The summed E-state index contributed by atoms with van der Waals surface area (Å²) in [6, 6.07) is 5.82. The number of carbonyl (C=O) groups excluding carboxylic acids is 2. The van der Waals surface area contributed by atoms with E-state index >= 15 is 0 Å². The largest absolute Gasteiger partial charge is 0.478 e. The third-order valence-electron chi connectivity index (χ3n) is 3.65. The number of urea groups is 1. The summed E-state index contributed by atoms with van der Waals surface area (Å²) in [6.07, 6.45) is 1.03. The monoisotopic (exact) mass is 305 g/mol. The molecule has 0 spiro atoms. The molecular formula is C15H19N3O4. The molecular weight excluding hydrogens is 286 g/mol. The van der Waals surface area contributed by atoms with Crippen LogP contribution < -0.4 is 16.0 Å². The van der Waals surface area contributed by atoms with Gasteiger partial charge in [0.25, 0.3) is 0 Å². The van der Waals surface area contributed by atoms with Crippen LogP contribution in [-0.2, 0) is 11.3 Å². The van der Waals surface area contributed by atoms with Crippen LogP contribution in [0.3, 0.4) is 0 Å². The Labute approximate surface area is 128 Å². The second-order valence-corrected chi connectivity index (χ2v) is 5.33. The minimum Gasteiger partial charge on any atom is -0.478 e. The summed E-state index contributed by atoms with van der Waals surface area (Å²) in [5.41, 5.74) is 1.02. The Morgan fingerprint density at radius 3 is 2.59 bits per heavy atom. The lowest BCUT2D eigenvalue weighted by Gasteiger charge is -2.30. The van der Waals surface area contributed by atoms with Gasteiger partial charge in [0.15, 0.2) is 0 Å². The minimum absolute atomic E-state index is 0.00415. The summed E-state index contributed by atoms with van der Waals surface area (Å²) in [5.74, 6) is -0.977. The molecule has 2 rings (SSSR count). The molecule has 0 radical (unpaired) electrons. The Morgan fingerprint density at radius 1 is 1.32 bits per heavy atom. The van der Waals surface area contributed by atoms with E-state index in [4.69, 9.17) is 5.11 Å². The van der Waals surface area contributed by atoms with Crippen molar-refractivity contribution in [1.29, 1.82) is 0 Å². The van der Waals surface area contributed by atoms with E-state index in [9.17, 15) is 14.4 Å². The van der Waals surface area contributed by atoms with Crippen LogP contribution in [0.5, 0.6) is 0 Å². The summed E-state index contributed by atoms with van der Waals surface area (Å²) >= 11 is 0. The molecule has 0 bridgehead atoms. The lowest BCUT2D eigenvalue weighted by molar-refractivity contribution is -0.123. The number of piperidine rings is 1.